The number of ether oxygens (including phenoxy) is 2. The molecule has 0 radical (unpaired) electrons. The van der Waals surface area contributed by atoms with Crippen LogP contribution in [0.4, 0.5) is 4.79 Å². The molecule has 1 aromatic carbocycles. The minimum atomic E-state index is -0.867. The van der Waals surface area contributed by atoms with Crippen LogP contribution < -0.4 is 4.74 Å². The number of hydrogen-bond acceptors (Lipinski definition) is 7. The van der Waals surface area contributed by atoms with Crippen molar-refractivity contribution in [1.29, 1.82) is 10.5 Å². The number of fused-ring (bicyclic) bond motifs is 2. The summed E-state index contributed by atoms with van der Waals surface area (Å²) in [5.74, 6) is 0.518. The lowest BCUT2D eigenvalue weighted by molar-refractivity contribution is -0.139. The molecule has 2 fully saturated rings. The van der Waals surface area contributed by atoms with Crippen LogP contribution in [0.1, 0.15) is 44.7 Å². The van der Waals surface area contributed by atoms with Gasteiger partial charge >= 0.3 is 6.09 Å². The summed E-state index contributed by atoms with van der Waals surface area (Å²) in [5.41, 5.74) is 0.439. The van der Waals surface area contributed by atoms with E-state index in [0.29, 0.717) is 30.0 Å². The first-order chi connectivity index (χ1) is 16.2. The summed E-state index contributed by atoms with van der Waals surface area (Å²) in [6.07, 6.45) is 1.11. The van der Waals surface area contributed by atoms with Crippen molar-refractivity contribution >= 4 is 6.09 Å². The fourth-order valence-corrected chi connectivity index (χ4v) is 4.68. The molecule has 9 nitrogen and oxygen atoms in total. The van der Waals surface area contributed by atoms with Gasteiger partial charge in [0.15, 0.2) is 0 Å². The van der Waals surface area contributed by atoms with Gasteiger partial charge in [0.25, 0.3) is 0 Å². The molecule has 1 amide bonds. The van der Waals surface area contributed by atoms with E-state index in [1.807, 2.05) is 26.8 Å². The minimum absolute atomic E-state index is 0.162. The van der Waals surface area contributed by atoms with Gasteiger partial charge in [0.05, 0.1) is 36.0 Å². The van der Waals surface area contributed by atoms with Gasteiger partial charge in [0, 0.05) is 51.4 Å². The molecule has 9 heteroatoms. The normalized spacial score (nSPS) is 20.9. The number of carbonyl (C=O) groups is 1. The van der Waals surface area contributed by atoms with Crippen LogP contribution in [0.25, 0.3) is 0 Å². The molecule has 2 saturated heterocycles. The van der Waals surface area contributed by atoms with Gasteiger partial charge in [-0.15, -0.1) is 0 Å². The van der Waals surface area contributed by atoms with E-state index in [0.717, 1.165) is 52.1 Å². The largest absolute Gasteiger partial charge is 0.492 e. The van der Waals surface area contributed by atoms with Crippen molar-refractivity contribution < 1.29 is 19.4 Å². The highest BCUT2D eigenvalue weighted by Crippen LogP contribution is 2.22. The first-order valence-electron chi connectivity index (χ1n) is 11.9. The number of amides is 1. The van der Waals surface area contributed by atoms with E-state index in [2.05, 4.69) is 15.9 Å². The van der Waals surface area contributed by atoms with E-state index in [9.17, 15) is 15.2 Å². The maximum atomic E-state index is 11.5. The maximum absolute atomic E-state index is 11.5. The monoisotopic (exact) mass is 469 g/mol. The molecule has 0 aromatic heterocycles. The zero-order chi connectivity index (χ0) is 24.7. The Bertz CT molecular complexity index is 919. The zero-order valence-electron chi connectivity index (χ0n) is 20.4. The Morgan fingerprint density at radius 3 is 2.26 bits per heavy atom. The average molecular weight is 470 g/mol. The Labute approximate surface area is 202 Å². The van der Waals surface area contributed by atoms with Gasteiger partial charge in [-0.3, -0.25) is 9.80 Å². The fourth-order valence-electron chi connectivity index (χ4n) is 4.68. The fraction of sp³-hybridized carbons (Fsp3) is 0.640. The molecule has 2 heterocycles. The Morgan fingerprint density at radius 2 is 1.74 bits per heavy atom. The Balaban J connectivity index is 1.38. The van der Waals surface area contributed by atoms with Gasteiger partial charge < -0.3 is 19.5 Å². The molecular weight excluding hydrogens is 434 g/mol. The molecule has 2 aliphatic heterocycles. The second kappa shape index (κ2) is 11.5. The Kier molecular flexibility index (Phi) is 8.73. The molecule has 1 aromatic rings. The topological polar surface area (TPSA) is 113 Å². The van der Waals surface area contributed by atoms with Crippen molar-refractivity contribution in [2.75, 3.05) is 52.4 Å². The van der Waals surface area contributed by atoms with Crippen molar-refractivity contribution in [2.45, 2.75) is 51.4 Å². The maximum Gasteiger partial charge on any atom is 0.407 e. The lowest BCUT2D eigenvalue weighted by atomic mass is 10.1. The van der Waals surface area contributed by atoms with Crippen molar-refractivity contribution in [3.05, 3.63) is 29.3 Å². The van der Waals surface area contributed by atoms with E-state index >= 15 is 0 Å². The van der Waals surface area contributed by atoms with Gasteiger partial charge in [-0.25, -0.2) is 4.79 Å². The third-order valence-corrected chi connectivity index (χ3v) is 6.23. The highest BCUT2D eigenvalue weighted by molar-refractivity contribution is 5.65. The van der Waals surface area contributed by atoms with Crippen LogP contribution in [0, 0.1) is 22.7 Å². The molecule has 0 spiro atoms. The van der Waals surface area contributed by atoms with E-state index < -0.39 is 11.6 Å². The minimum Gasteiger partial charge on any atom is -0.492 e. The number of rotatable bonds is 9. The van der Waals surface area contributed by atoms with Crippen LogP contribution in [0.2, 0.25) is 0 Å². The molecular formula is C25H35N5O4. The van der Waals surface area contributed by atoms with Gasteiger partial charge in [0.2, 0.25) is 0 Å². The molecule has 184 valence electrons. The van der Waals surface area contributed by atoms with Gasteiger partial charge in [-0.1, -0.05) is 0 Å². The van der Waals surface area contributed by atoms with E-state index in [1.165, 1.54) is 4.90 Å². The molecule has 1 N–H and O–H groups in total. The number of morpholine rings is 2. The molecule has 3 rings (SSSR count). The van der Waals surface area contributed by atoms with Crippen LogP contribution in [0.3, 0.4) is 0 Å². The Hall–Kier alpha value is -2.85. The predicted molar refractivity (Wildman–Crippen MR) is 127 cm³/mol. The Morgan fingerprint density at radius 1 is 1.12 bits per heavy atom. The smallest absolute Gasteiger partial charge is 0.407 e. The number of nitrogens with zero attached hydrogens (tertiary/aromatic N) is 5. The zero-order valence-corrected chi connectivity index (χ0v) is 20.4. The molecule has 2 bridgehead atoms. The van der Waals surface area contributed by atoms with E-state index in [1.54, 1.807) is 18.2 Å². The summed E-state index contributed by atoms with van der Waals surface area (Å²) >= 11 is 0. The van der Waals surface area contributed by atoms with E-state index in [4.69, 9.17) is 14.7 Å². The first-order valence-corrected chi connectivity index (χ1v) is 11.9. The molecule has 2 atom stereocenters. The summed E-state index contributed by atoms with van der Waals surface area (Å²) in [4.78, 5) is 17.8. The lowest BCUT2D eigenvalue weighted by Crippen LogP contribution is -2.59. The molecule has 2 unspecified atom stereocenters. The third-order valence-electron chi connectivity index (χ3n) is 6.23. The highest BCUT2D eigenvalue weighted by atomic mass is 16.5. The molecule has 0 aliphatic carbocycles. The number of nitriles is 2. The number of benzene rings is 1. The lowest BCUT2D eigenvalue weighted by Gasteiger charge is -2.46. The molecule has 0 saturated carbocycles. The number of hydrogen-bond donors (Lipinski definition) is 1. The van der Waals surface area contributed by atoms with Gasteiger partial charge in [-0.2, -0.15) is 10.5 Å². The van der Waals surface area contributed by atoms with Crippen molar-refractivity contribution in [3.8, 4) is 17.9 Å². The SMILES string of the molecule is CC(C)(C)N(CCCN1CC2CN(CCCOc3ccc(C#N)cc3C#N)CC(C1)O2)C(=O)O. The summed E-state index contributed by atoms with van der Waals surface area (Å²) < 4.78 is 11.9. The first kappa shape index (κ1) is 25.8. The van der Waals surface area contributed by atoms with Crippen LogP contribution in [0.5, 0.6) is 5.75 Å². The van der Waals surface area contributed by atoms with Crippen LogP contribution >= 0.6 is 0 Å². The highest BCUT2D eigenvalue weighted by Gasteiger charge is 2.34. The summed E-state index contributed by atoms with van der Waals surface area (Å²) in [6, 6.07) is 9.01. The summed E-state index contributed by atoms with van der Waals surface area (Å²) in [7, 11) is 0. The third kappa shape index (κ3) is 7.07. The van der Waals surface area contributed by atoms with E-state index in [-0.39, 0.29) is 12.2 Å². The summed E-state index contributed by atoms with van der Waals surface area (Å²) in [6.45, 7) is 12.0. The van der Waals surface area contributed by atoms with Gasteiger partial charge in [0.1, 0.15) is 11.8 Å². The van der Waals surface area contributed by atoms with Gasteiger partial charge in [-0.05, 0) is 51.8 Å². The second-order valence-corrected chi connectivity index (χ2v) is 9.99. The number of carboxylic acid groups (broad SMARTS) is 1. The van der Waals surface area contributed by atoms with Crippen molar-refractivity contribution in [1.82, 2.24) is 14.7 Å². The standard InChI is InChI=1S/C25H35N5O4/c1-25(2,3)30(24(31)32)10-4-8-28-15-21-17-29(18-22(16-28)34-21)9-5-11-33-23-7-6-19(13-26)12-20(23)14-27/h6-7,12,21-22H,4-5,8-11,15-18H2,1-3H3,(H,31,32). The summed E-state index contributed by atoms with van der Waals surface area (Å²) in [5, 5.41) is 27.7. The van der Waals surface area contributed by atoms with Crippen molar-refractivity contribution in [2.24, 2.45) is 0 Å². The molecule has 2 aliphatic rings. The van der Waals surface area contributed by atoms with Crippen LogP contribution in [-0.4, -0.2) is 96.1 Å². The quantitative estimate of drug-likeness (QED) is 0.549. The predicted octanol–water partition coefficient (Wildman–Crippen LogP) is 2.75. The van der Waals surface area contributed by atoms with Crippen LogP contribution in [-0.2, 0) is 4.74 Å². The average Bonchev–Trinajstić information content (AvgIpc) is 2.78. The van der Waals surface area contributed by atoms with Crippen LogP contribution in [0.15, 0.2) is 18.2 Å². The van der Waals surface area contributed by atoms with Crippen molar-refractivity contribution in [3.63, 3.8) is 0 Å². The second-order valence-electron chi connectivity index (χ2n) is 9.99. The molecule has 34 heavy (non-hydrogen) atoms.